The summed E-state index contributed by atoms with van der Waals surface area (Å²) in [6.07, 6.45) is -4.47. The average molecular weight is 460 g/mol. The average Bonchev–Trinajstić information content (AvgIpc) is 2.70. The van der Waals surface area contributed by atoms with E-state index in [9.17, 15) is 26.4 Å². The Morgan fingerprint density at radius 1 is 1.13 bits per heavy atom. The second-order valence-corrected chi connectivity index (χ2v) is 8.36. The van der Waals surface area contributed by atoms with Crippen molar-refractivity contribution in [1.29, 1.82) is 0 Å². The summed E-state index contributed by atoms with van der Waals surface area (Å²) in [6, 6.07) is 9.81. The molecule has 2 rings (SSSR count). The predicted molar refractivity (Wildman–Crippen MR) is 109 cm³/mol. The Bertz CT molecular complexity index is 979. The maximum Gasteiger partial charge on any atom is 0.416 e. The van der Waals surface area contributed by atoms with Crippen LogP contribution in [-0.2, 0) is 27.6 Å². The molecule has 0 radical (unpaired) electrons. The van der Waals surface area contributed by atoms with E-state index in [0.717, 1.165) is 12.1 Å². The molecule has 0 bridgehead atoms. The topological polar surface area (TPSA) is 84.9 Å². The fourth-order valence-electron chi connectivity index (χ4n) is 2.52. The maximum absolute atomic E-state index is 12.7. The molecule has 0 saturated carbocycles. The monoisotopic (exact) mass is 460 g/mol. The Morgan fingerprint density at radius 3 is 2.39 bits per heavy atom. The molecule has 0 heterocycles. The summed E-state index contributed by atoms with van der Waals surface area (Å²) in [5.74, 6) is -0.0682. The summed E-state index contributed by atoms with van der Waals surface area (Å²) < 4.78 is 71.4. The third kappa shape index (κ3) is 7.76. The normalized spacial score (nSPS) is 11.8. The van der Waals surface area contributed by atoms with Gasteiger partial charge < -0.3 is 19.1 Å². The third-order valence-corrected chi connectivity index (χ3v) is 5.32. The number of rotatable bonds is 9. The highest BCUT2D eigenvalue weighted by atomic mass is 32.2. The number of nitrogens with zero attached hydrogens (tertiary/aromatic N) is 1. The molecule has 1 N–H and O–H groups in total. The van der Waals surface area contributed by atoms with Gasteiger partial charge in [-0.3, -0.25) is 0 Å². The molecule has 7 nitrogen and oxygen atoms in total. The van der Waals surface area contributed by atoms with Crippen molar-refractivity contribution in [2.75, 3.05) is 31.3 Å². The number of methoxy groups -OCH3 is 1. The quantitative estimate of drug-likeness (QED) is 0.569. The van der Waals surface area contributed by atoms with Gasteiger partial charge in [-0.1, -0.05) is 12.1 Å². The lowest BCUT2D eigenvalue weighted by molar-refractivity contribution is -0.137. The number of halogens is 3. The van der Waals surface area contributed by atoms with Gasteiger partial charge in [0.15, 0.2) is 0 Å². The number of carbonyl (C=O) groups excluding carboxylic acids is 1. The number of ether oxygens (including phenoxy) is 1. The van der Waals surface area contributed by atoms with E-state index in [0.29, 0.717) is 5.56 Å². The lowest BCUT2D eigenvalue weighted by Crippen LogP contribution is -2.36. The molecular weight excluding hydrogens is 437 g/mol. The fraction of sp³-hybridized carbons (Fsp3) is 0.350. The van der Waals surface area contributed by atoms with Gasteiger partial charge in [0.1, 0.15) is 5.75 Å². The number of hydrogen-bond acceptors (Lipinski definition) is 5. The number of carbonyl (C=O) groups is 1. The van der Waals surface area contributed by atoms with Crippen LogP contribution in [0.15, 0.2) is 48.5 Å². The molecule has 0 aliphatic carbocycles. The van der Waals surface area contributed by atoms with Crippen LogP contribution in [0.5, 0.6) is 5.75 Å². The minimum atomic E-state index is -4.47. The van der Waals surface area contributed by atoms with E-state index >= 15 is 0 Å². The smallest absolute Gasteiger partial charge is 0.383 e. The van der Waals surface area contributed by atoms with Crippen molar-refractivity contribution >= 4 is 21.8 Å². The van der Waals surface area contributed by atoms with E-state index in [1.54, 1.807) is 12.1 Å². The van der Waals surface area contributed by atoms with E-state index in [1.807, 2.05) is 0 Å². The second kappa shape index (κ2) is 10.5. The Balaban J connectivity index is 2.13. The van der Waals surface area contributed by atoms with Crippen molar-refractivity contribution in [1.82, 2.24) is 4.90 Å². The molecule has 2 aromatic carbocycles. The van der Waals surface area contributed by atoms with Gasteiger partial charge in [0.2, 0.25) is 0 Å². The highest BCUT2D eigenvalue weighted by Gasteiger charge is 2.30. The Kier molecular flexibility index (Phi) is 8.28. The van der Waals surface area contributed by atoms with Crippen molar-refractivity contribution in [2.45, 2.75) is 19.6 Å². The number of amides is 2. The molecule has 0 fully saturated rings. The highest BCUT2D eigenvalue weighted by molar-refractivity contribution is 7.87. The standard InChI is InChI=1S/C20H23F3N2O5S/c1-3-31(27,28)30-18-6-4-5-15(13-18)14-25(11-12-29-2)19(26)24-17-9-7-16(8-10-17)20(21,22)23/h4-10,13H,3,11-12,14H2,1-2H3,(H,24,26). The molecule has 2 amide bonds. The van der Waals surface area contributed by atoms with Crippen molar-refractivity contribution in [3.05, 3.63) is 59.7 Å². The third-order valence-electron chi connectivity index (χ3n) is 4.16. The Hall–Kier alpha value is -2.79. The van der Waals surface area contributed by atoms with Gasteiger partial charge in [-0.15, -0.1) is 0 Å². The number of hydrogen-bond donors (Lipinski definition) is 1. The molecule has 11 heteroatoms. The van der Waals surface area contributed by atoms with Gasteiger partial charge in [-0.05, 0) is 48.9 Å². The molecule has 0 aliphatic heterocycles. The van der Waals surface area contributed by atoms with Crippen molar-refractivity contribution in [2.24, 2.45) is 0 Å². The lowest BCUT2D eigenvalue weighted by atomic mass is 10.2. The Labute approximate surface area is 178 Å². The molecule has 0 atom stereocenters. The van der Waals surface area contributed by atoms with Crippen molar-refractivity contribution in [3.8, 4) is 5.75 Å². The Morgan fingerprint density at radius 2 is 1.81 bits per heavy atom. The molecule has 0 aliphatic rings. The first-order valence-corrected chi connectivity index (χ1v) is 10.8. The molecule has 31 heavy (non-hydrogen) atoms. The van der Waals surface area contributed by atoms with Crippen LogP contribution in [0.25, 0.3) is 0 Å². The summed E-state index contributed by atoms with van der Waals surface area (Å²) in [7, 11) is -2.23. The SMILES string of the molecule is CCS(=O)(=O)Oc1cccc(CN(CCOC)C(=O)Nc2ccc(C(F)(F)F)cc2)c1. The molecule has 170 valence electrons. The summed E-state index contributed by atoms with van der Waals surface area (Å²) in [5, 5.41) is 2.55. The van der Waals surface area contributed by atoms with E-state index in [1.165, 1.54) is 43.2 Å². The summed E-state index contributed by atoms with van der Waals surface area (Å²) in [4.78, 5) is 14.1. The van der Waals surface area contributed by atoms with E-state index in [2.05, 4.69) is 5.32 Å². The number of alkyl halides is 3. The van der Waals surface area contributed by atoms with E-state index < -0.39 is 27.9 Å². The zero-order valence-electron chi connectivity index (χ0n) is 17.0. The highest BCUT2D eigenvalue weighted by Crippen LogP contribution is 2.29. The van der Waals surface area contributed by atoms with Crippen molar-refractivity contribution < 1.29 is 35.3 Å². The van der Waals surface area contributed by atoms with Gasteiger partial charge in [-0.25, -0.2) is 4.79 Å². The van der Waals surface area contributed by atoms with E-state index in [-0.39, 0.29) is 36.9 Å². The number of nitrogens with one attached hydrogen (secondary N) is 1. The largest absolute Gasteiger partial charge is 0.416 e. The number of anilines is 1. The minimum absolute atomic E-state index is 0.0964. The van der Waals surface area contributed by atoms with Gasteiger partial charge in [0.25, 0.3) is 0 Å². The zero-order valence-corrected chi connectivity index (χ0v) is 17.8. The van der Waals surface area contributed by atoms with Crippen LogP contribution >= 0.6 is 0 Å². The van der Waals surface area contributed by atoms with Crippen LogP contribution in [0, 0.1) is 0 Å². The van der Waals surface area contributed by atoms with Gasteiger partial charge in [0.05, 0.1) is 17.9 Å². The molecular formula is C20H23F3N2O5S. The number of benzene rings is 2. The van der Waals surface area contributed by atoms with Crippen molar-refractivity contribution in [3.63, 3.8) is 0 Å². The molecule has 0 aromatic heterocycles. The number of urea groups is 1. The van der Waals surface area contributed by atoms with Crippen LogP contribution in [0.1, 0.15) is 18.1 Å². The van der Waals surface area contributed by atoms with Crippen LogP contribution < -0.4 is 9.50 Å². The van der Waals surface area contributed by atoms with E-state index in [4.69, 9.17) is 8.92 Å². The first-order chi connectivity index (χ1) is 14.5. The molecule has 0 spiro atoms. The van der Waals surface area contributed by atoms with Crippen LogP contribution in [0.3, 0.4) is 0 Å². The fourth-order valence-corrected chi connectivity index (χ4v) is 3.04. The summed E-state index contributed by atoms with van der Waals surface area (Å²) >= 11 is 0. The second-order valence-electron chi connectivity index (χ2n) is 6.50. The first-order valence-electron chi connectivity index (χ1n) is 9.27. The lowest BCUT2D eigenvalue weighted by Gasteiger charge is -2.23. The molecule has 0 saturated heterocycles. The summed E-state index contributed by atoms with van der Waals surface area (Å²) in [5.41, 5.74) is -0.0189. The van der Waals surface area contributed by atoms with Crippen LogP contribution in [0.2, 0.25) is 0 Å². The van der Waals surface area contributed by atoms with Crippen LogP contribution in [0.4, 0.5) is 23.7 Å². The van der Waals surface area contributed by atoms with Crippen LogP contribution in [-0.4, -0.2) is 45.4 Å². The maximum atomic E-state index is 12.7. The molecule has 0 unspecified atom stereocenters. The zero-order chi connectivity index (χ0) is 23.1. The van der Waals surface area contributed by atoms with Gasteiger partial charge in [0, 0.05) is 25.9 Å². The first kappa shape index (κ1) is 24.5. The molecule has 2 aromatic rings. The van der Waals surface area contributed by atoms with Gasteiger partial charge in [-0.2, -0.15) is 21.6 Å². The predicted octanol–water partition coefficient (Wildman–Crippen LogP) is 4.11. The van der Waals surface area contributed by atoms with Gasteiger partial charge >= 0.3 is 22.3 Å². The minimum Gasteiger partial charge on any atom is -0.383 e. The summed E-state index contributed by atoms with van der Waals surface area (Å²) in [6.45, 7) is 1.97.